The maximum absolute atomic E-state index is 12.8. The van der Waals surface area contributed by atoms with Crippen LogP contribution in [0.25, 0.3) is 11.0 Å². The SMILES string of the molecule is CCCCCCC1(C)NC(=O)N(CC(O)Cn2cnc3cc(C)c(C)cc32)C1=O. The zero-order chi connectivity index (χ0) is 21.2. The van der Waals surface area contributed by atoms with Crippen LogP contribution in [0.1, 0.15) is 57.1 Å². The Labute approximate surface area is 172 Å². The number of nitrogens with one attached hydrogen (secondary N) is 1. The van der Waals surface area contributed by atoms with Gasteiger partial charge in [0.2, 0.25) is 0 Å². The molecule has 1 aliphatic rings. The third-order valence-corrected chi connectivity index (χ3v) is 5.91. The van der Waals surface area contributed by atoms with Crippen molar-refractivity contribution in [2.24, 2.45) is 0 Å². The molecule has 2 N–H and O–H groups in total. The fourth-order valence-electron chi connectivity index (χ4n) is 3.94. The smallest absolute Gasteiger partial charge is 0.325 e. The van der Waals surface area contributed by atoms with Crippen LogP contribution in [0, 0.1) is 13.8 Å². The molecule has 1 aromatic heterocycles. The fraction of sp³-hybridized carbons (Fsp3) is 0.591. The molecule has 2 aromatic rings. The molecule has 0 bridgehead atoms. The van der Waals surface area contributed by atoms with Crippen LogP contribution in [-0.2, 0) is 11.3 Å². The van der Waals surface area contributed by atoms with Gasteiger partial charge in [0.25, 0.3) is 5.91 Å². The second-order valence-corrected chi connectivity index (χ2v) is 8.46. The molecule has 0 saturated carbocycles. The number of amides is 3. The van der Waals surface area contributed by atoms with Gasteiger partial charge in [-0.2, -0.15) is 0 Å². The highest BCUT2D eigenvalue weighted by Crippen LogP contribution is 2.25. The molecule has 1 aromatic carbocycles. The maximum atomic E-state index is 12.8. The van der Waals surface area contributed by atoms with Crippen LogP contribution in [0.5, 0.6) is 0 Å². The molecule has 2 heterocycles. The number of hydrogen-bond donors (Lipinski definition) is 2. The summed E-state index contributed by atoms with van der Waals surface area (Å²) in [5.74, 6) is -0.250. The number of unbranched alkanes of at least 4 members (excludes halogenated alkanes) is 3. The summed E-state index contributed by atoms with van der Waals surface area (Å²) in [6.45, 7) is 8.24. The number of rotatable bonds is 9. The van der Waals surface area contributed by atoms with E-state index in [1.165, 1.54) is 5.56 Å². The van der Waals surface area contributed by atoms with Crippen molar-refractivity contribution in [3.8, 4) is 0 Å². The Morgan fingerprint density at radius 1 is 1.14 bits per heavy atom. The molecule has 29 heavy (non-hydrogen) atoms. The monoisotopic (exact) mass is 400 g/mol. The summed E-state index contributed by atoms with van der Waals surface area (Å²) >= 11 is 0. The predicted molar refractivity (Wildman–Crippen MR) is 113 cm³/mol. The summed E-state index contributed by atoms with van der Waals surface area (Å²) in [6, 6.07) is 3.65. The Morgan fingerprint density at radius 2 is 1.86 bits per heavy atom. The number of carbonyl (C=O) groups is 2. The third kappa shape index (κ3) is 4.45. The van der Waals surface area contributed by atoms with Crippen molar-refractivity contribution in [1.29, 1.82) is 0 Å². The van der Waals surface area contributed by atoms with Crippen LogP contribution in [0.3, 0.4) is 0 Å². The molecule has 7 heteroatoms. The number of urea groups is 1. The van der Waals surface area contributed by atoms with Gasteiger partial charge in [-0.1, -0.05) is 32.6 Å². The van der Waals surface area contributed by atoms with E-state index in [9.17, 15) is 14.7 Å². The first-order valence-electron chi connectivity index (χ1n) is 10.5. The molecular formula is C22H32N4O3. The molecule has 3 rings (SSSR count). The number of aryl methyl sites for hydroxylation is 2. The average molecular weight is 401 g/mol. The van der Waals surface area contributed by atoms with Crippen molar-refractivity contribution in [1.82, 2.24) is 19.8 Å². The number of aliphatic hydroxyl groups excluding tert-OH is 1. The maximum Gasteiger partial charge on any atom is 0.325 e. The zero-order valence-corrected chi connectivity index (χ0v) is 17.9. The highest BCUT2D eigenvalue weighted by atomic mass is 16.3. The van der Waals surface area contributed by atoms with Gasteiger partial charge in [-0.05, 0) is 50.5 Å². The summed E-state index contributed by atoms with van der Waals surface area (Å²) in [4.78, 5) is 30.8. The number of fused-ring (bicyclic) bond motifs is 1. The van der Waals surface area contributed by atoms with Gasteiger partial charge in [-0.3, -0.25) is 9.69 Å². The number of nitrogens with zero attached hydrogens (tertiary/aromatic N) is 3. The molecule has 1 aliphatic heterocycles. The normalized spacial score (nSPS) is 20.5. The lowest BCUT2D eigenvalue weighted by Crippen LogP contribution is -2.44. The van der Waals surface area contributed by atoms with Crippen LogP contribution in [-0.4, -0.2) is 49.7 Å². The van der Waals surface area contributed by atoms with Crippen LogP contribution in [0.15, 0.2) is 18.5 Å². The topological polar surface area (TPSA) is 87.5 Å². The van der Waals surface area contributed by atoms with E-state index in [2.05, 4.69) is 17.2 Å². The van der Waals surface area contributed by atoms with Crippen LogP contribution in [0.2, 0.25) is 0 Å². The van der Waals surface area contributed by atoms with Crippen molar-refractivity contribution in [3.05, 3.63) is 29.6 Å². The number of β-amino-alcohol motifs (C(OH)–C–C–N with tert-alkyl or cyclic N) is 1. The van der Waals surface area contributed by atoms with Crippen molar-refractivity contribution >= 4 is 23.0 Å². The number of carbonyl (C=O) groups excluding carboxylic acids is 2. The summed E-state index contributed by atoms with van der Waals surface area (Å²) in [6.07, 6.45) is 5.63. The summed E-state index contributed by atoms with van der Waals surface area (Å²) in [5, 5.41) is 13.4. The minimum absolute atomic E-state index is 0.0280. The highest BCUT2D eigenvalue weighted by molar-refractivity contribution is 6.06. The van der Waals surface area contributed by atoms with E-state index in [4.69, 9.17) is 0 Å². The Balaban J connectivity index is 1.64. The summed E-state index contributed by atoms with van der Waals surface area (Å²) < 4.78 is 1.87. The van der Waals surface area contributed by atoms with Gasteiger partial charge >= 0.3 is 6.03 Å². The molecule has 7 nitrogen and oxygen atoms in total. The Kier molecular flexibility index (Phi) is 6.27. The zero-order valence-electron chi connectivity index (χ0n) is 17.9. The third-order valence-electron chi connectivity index (χ3n) is 5.91. The number of hydrogen-bond acceptors (Lipinski definition) is 4. The van der Waals surface area contributed by atoms with E-state index in [0.717, 1.165) is 47.2 Å². The quantitative estimate of drug-likeness (QED) is 0.499. The molecule has 2 unspecified atom stereocenters. The Bertz CT molecular complexity index is 907. The van der Waals surface area contributed by atoms with Crippen LogP contribution in [0.4, 0.5) is 4.79 Å². The average Bonchev–Trinajstić information content (AvgIpc) is 3.13. The second kappa shape index (κ2) is 8.53. The molecule has 3 amide bonds. The number of benzene rings is 1. The highest BCUT2D eigenvalue weighted by Gasteiger charge is 2.47. The van der Waals surface area contributed by atoms with Gasteiger partial charge in [0.05, 0.1) is 36.6 Å². The first kappa shape index (κ1) is 21.3. The van der Waals surface area contributed by atoms with Crippen molar-refractivity contribution < 1.29 is 14.7 Å². The van der Waals surface area contributed by atoms with Gasteiger partial charge in [-0.15, -0.1) is 0 Å². The van der Waals surface area contributed by atoms with Gasteiger partial charge in [-0.25, -0.2) is 9.78 Å². The molecule has 0 radical (unpaired) electrons. The number of aromatic nitrogens is 2. The van der Waals surface area contributed by atoms with Crippen LogP contribution < -0.4 is 5.32 Å². The molecular weight excluding hydrogens is 368 g/mol. The molecule has 1 saturated heterocycles. The summed E-state index contributed by atoms with van der Waals surface area (Å²) in [5.41, 5.74) is 3.25. The molecule has 0 spiro atoms. The molecule has 1 fully saturated rings. The van der Waals surface area contributed by atoms with E-state index >= 15 is 0 Å². The minimum Gasteiger partial charge on any atom is -0.389 e. The lowest BCUT2D eigenvalue weighted by atomic mass is 9.94. The second-order valence-electron chi connectivity index (χ2n) is 8.46. The van der Waals surface area contributed by atoms with E-state index < -0.39 is 17.7 Å². The lowest BCUT2D eigenvalue weighted by molar-refractivity contribution is -0.132. The molecule has 2 atom stereocenters. The lowest BCUT2D eigenvalue weighted by Gasteiger charge is -2.22. The van der Waals surface area contributed by atoms with E-state index in [0.29, 0.717) is 6.42 Å². The summed E-state index contributed by atoms with van der Waals surface area (Å²) in [7, 11) is 0. The largest absolute Gasteiger partial charge is 0.389 e. The Morgan fingerprint density at radius 3 is 2.59 bits per heavy atom. The first-order valence-corrected chi connectivity index (χ1v) is 10.5. The van der Waals surface area contributed by atoms with E-state index in [1.54, 1.807) is 13.3 Å². The number of imidazole rings is 1. The van der Waals surface area contributed by atoms with Gasteiger partial charge in [0.1, 0.15) is 5.54 Å². The predicted octanol–water partition coefficient (Wildman–Crippen LogP) is 3.29. The molecule has 158 valence electrons. The van der Waals surface area contributed by atoms with E-state index in [-0.39, 0.29) is 19.0 Å². The number of imide groups is 1. The van der Waals surface area contributed by atoms with Gasteiger partial charge in [0.15, 0.2) is 0 Å². The van der Waals surface area contributed by atoms with Crippen molar-refractivity contribution in [2.45, 2.75) is 78.0 Å². The standard InChI is InChI=1S/C22H32N4O3/c1-5-6-7-8-9-22(4)20(28)26(21(29)24-22)13-17(27)12-25-14-23-18-10-15(2)16(3)11-19(18)25/h10-11,14,17,27H,5-9,12-13H2,1-4H3,(H,24,29). The van der Waals surface area contributed by atoms with E-state index in [1.807, 2.05) is 30.5 Å². The molecule has 0 aliphatic carbocycles. The minimum atomic E-state index is -0.874. The first-order chi connectivity index (χ1) is 13.7. The van der Waals surface area contributed by atoms with Crippen molar-refractivity contribution in [2.75, 3.05) is 6.54 Å². The fourth-order valence-corrected chi connectivity index (χ4v) is 3.94. The number of aliphatic hydroxyl groups is 1. The van der Waals surface area contributed by atoms with Gasteiger partial charge in [0, 0.05) is 0 Å². The van der Waals surface area contributed by atoms with Gasteiger partial charge < -0.3 is 15.0 Å². The van der Waals surface area contributed by atoms with Crippen LogP contribution >= 0.6 is 0 Å². The Hall–Kier alpha value is -2.41. The van der Waals surface area contributed by atoms with Crippen molar-refractivity contribution in [3.63, 3.8) is 0 Å².